The summed E-state index contributed by atoms with van der Waals surface area (Å²) >= 11 is 3.05. The average Bonchev–Trinajstić information content (AvgIpc) is 3.26. The van der Waals surface area contributed by atoms with Crippen molar-refractivity contribution < 1.29 is 4.79 Å². The van der Waals surface area contributed by atoms with Crippen LogP contribution in [0.3, 0.4) is 0 Å². The van der Waals surface area contributed by atoms with Crippen molar-refractivity contribution in [3.63, 3.8) is 0 Å². The summed E-state index contributed by atoms with van der Waals surface area (Å²) in [4.78, 5) is 13.9. The molecule has 0 aliphatic heterocycles. The number of Topliss-reactive ketones (excluding diaryl/α,β-unsaturated/α-hetero) is 1. The molecule has 1 aromatic carbocycles. The Kier molecular flexibility index (Phi) is 5.34. The van der Waals surface area contributed by atoms with Crippen LogP contribution in [0.25, 0.3) is 0 Å². The molecular weight excluding hydrogens is 352 g/mol. The van der Waals surface area contributed by atoms with Crippen molar-refractivity contribution in [2.24, 2.45) is 0 Å². The highest BCUT2D eigenvalue weighted by Crippen LogP contribution is 2.24. The molecule has 2 heterocycles. The van der Waals surface area contributed by atoms with E-state index in [4.69, 9.17) is 0 Å². The van der Waals surface area contributed by atoms with Crippen LogP contribution in [-0.2, 0) is 6.54 Å². The van der Waals surface area contributed by atoms with Gasteiger partial charge in [0, 0.05) is 10.4 Å². The van der Waals surface area contributed by atoms with Gasteiger partial charge in [-0.2, -0.15) is 0 Å². The van der Waals surface area contributed by atoms with Crippen molar-refractivity contribution in [3.05, 3.63) is 56.3 Å². The Balaban J connectivity index is 1.73. The van der Waals surface area contributed by atoms with E-state index in [1.807, 2.05) is 37.4 Å². The van der Waals surface area contributed by atoms with Crippen LogP contribution in [0.1, 0.15) is 37.5 Å². The topological polar surface area (TPSA) is 60.7 Å². The summed E-state index contributed by atoms with van der Waals surface area (Å²) in [6.07, 6.45) is 0. The Morgan fingerprint density at radius 1 is 1.20 bits per heavy atom. The van der Waals surface area contributed by atoms with E-state index >= 15 is 0 Å². The maximum Gasteiger partial charge on any atom is 0.210 e. The summed E-state index contributed by atoms with van der Waals surface area (Å²) in [6, 6.07) is 6.05. The van der Waals surface area contributed by atoms with Gasteiger partial charge in [0.25, 0.3) is 0 Å². The minimum absolute atomic E-state index is 0.111. The minimum Gasteiger partial charge on any atom is -0.293 e. The van der Waals surface area contributed by atoms with E-state index in [9.17, 15) is 4.79 Å². The van der Waals surface area contributed by atoms with Gasteiger partial charge in [-0.05, 0) is 77.9 Å². The molecule has 0 spiro atoms. The van der Waals surface area contributed by atoms with E-state index in [2.05, 4.69) is 29.4 Å². The van der Waals surface area contributed by atoms with Gasteiger partial charge < -0.3 is 0 Å². The Labute approximate surface area is 155 Å². The molecule has 0 atom stereocenters. The lowest BCUT2D eigenvalue weighted by Gasteiger charge is -2.13. The zero-order valence-electron chi connectivity index (χ0n) is 14.7. The van der Waals surface area contributed by atoms with Gasteiger partial charge in [-0.1, -0.05) is 17.8 Å². The third-order valence-electron chi connectivity index (χ3n) is 4.50. The fourth-order valence-corrected chi connectivity index (χ4v) is 4.10. The van der Waals surface area contributed by atoms with Crippen LogP contribution < -0.4 is 0 Å². The lowest BCUT2D eigenvalue weighted by molar-refractivity contribution is 0.102. The molecule has 0 aliphatic rings. The highest BCUT2D eigenvalue weighted by Gasteiger charge is 2.16. The van der Waals surface area contributed by atoms with E-state index in [0.717, 1.165) is 16.7 Å². The molecule has 0 saturated heterocycles. The van der Waals surface area contributed by atoms with E-state index < -0.39 is 0 Å². The van der Waals surface area contributed by atoms with Gasteiger partial charge in [0.05, 0.1) is 12.3 Å². The fraction of sp³-hybridized carbons (Fsp3) is 0.333. The number of benzene rings is 1. The van der Waals surface area contributed by atoms with Crippen LogP contribution in [0, 0.1) is 27.7 Å². The number of tetrazole rings is 1. The van der Waals surface area contributed by atoms with Gasteiger partial charge in [-0.3, -0.25) is 4.79 Å². The van der Waals surface area contributed by atoms with Crippen LogP contribution >= 0.6 is 23.1 Å². The number of carbonyl (C=O) groups excluding carboxylic acids is 1. The number of aromatic nitrogens is 4. The molecule has 0 radical (unpaired) electrons. The van der Waals surface area contributed by atoms with Crippen LogP contribution in [0.4, 0.5) is 0 Å². The lowest BCUT2D eigenvalue weighted by atomic mass is 9.93. The first-order valence-corrected chi connectivity index (χ1v) is 9.86. The second-order valence-electron chi connectivity index (χ2n) is 6.03. The van der Waals surface area contributed by atoms with E-state index in [-0.39, 0.29) is 5.78 Å². The molecule has 0 fully saturated rings. The Morgan fingerprint density at radius 2 is 2.00 bits per heavy atom. The quantitative estimate of drug-likeness (QED) is 0.484. The molecule has 7 heteroatoms. The lowest BCUT2D eigenvalue weighted by Crippen LogP contribution is -2.09. The van der Waals surface area contributed by atoms with Crippen LogP contribution in [0.2, 0.25) is 0 Å². The van der Waals surface area contributed by atoms with Gasteiger partial charge in [-0.15, -0.1) is 16.4 Å². The van der Waals surface area contributed by atoms with Gasteiger partial charge >= 0.3 is 0 Å². The number of carbonyl (C=O) groups is 1. The number of nitrogens with zero attached hydrogens (tertiary/aromatic N) is 4. The third-order valence-corrected chi connectivity index (χ3v) is 6.32. The first-order chi connectivity index (χ1) is 12.0. The van der Waals surface area contributed by atoms with Gasteiger partial charge in [0.2, 0.25) is 5.16 Å². The fourth-order valence-electron chi connectivity index (χ4n) is 2.66. The molecule has 0 N–H and O–H groups in total. The Bertz CT molecular complexity index is 900. The smallest absolute Gasteiger partial charge is 0.210 e. The normalized spacial score (nSPS) is 11.0. The van der Waals surface area contributed by atoms with Gasteiger partial charge in [0.1, 0.15) is 0 Å². The number of thiophene rings is 1. The molecule has 0 bridgehead atoms. The second-order valence-corrected chi connectivity index (χ2v) is 8.00. The zero-order valence-corrected chi connectivity index (χ0v) is 16.4. The highest BCUT2D eigenvalue weighted by atomic mass is 32.2. The number of thioether (sulfide) groups is 1. The molecular formula is C18H20N4OS2. The molecule has 25 heavy (non-hydrogen) atoms. The summed E-state index contributed by atoms with van der Waals surface area (Å²) in [5.74, 6) is 0.438. The summed E-state index contributed by atoms with van der Waals surface area (Å²) < 4.78 is 1.74. The number of aryl methyl sites for hydroxylation is 1. The molecule has 0 aliphatic carbocycles. The first kappa shape index (κ1) is 17.8. The van der Waals surface area contributed by atoms with Gasteiger partial charge in [-0.25, -0.2) is 4.68 Å². The number of hydrogen-bond acceptors (Lipinski definition) is 6. The standard InChI is InChI=1S/C18H20N4OS2/c1-11-8-16(14(4)13(3)12(11)2)17(23)10-25-18-19-20-21-22(18)9-15-6-5-7-24-15/h5-8H,9-10H2,1-4H3. The van der Waals surface area contributed by atoms with E-state index in [0.29, 0.717) is 17.5 Å². The molecule has 3 aromatic rings. The number of rotatable bonds is 6. The summed E-state index contributed by atoms with van der Waals surface area (Å²) in [5.41, 5.74) is 5.45. The predicted octanol–water partition coefficient (Wildman–Crippen LogP) is 3.99. The number of hydrogen-bond donors (Lipinski definition) is 0. The Hall–Kier alpha value is -1.99. The SMILES string of the molecule is Cc1cc(C(=O)CSc2nnnn2Cc2cccs2)c(C)c(C)c1C. The van der Waals surface area contributed by atoms with Crippen molar-refractivity contribution in [1.29, 1.82) is 0 Å². The van der Waals surface area contributed by atoms with Crippen molar-refractivity contribution in [2.75, 3.05) is 5.75 Å². The molecule has 130 valence electrons. The van der Waals surface area contributed by atoms with Gasteiger partial charge in [0.15, 0.2) is 5.78 Å². The maximum absolute atomic E-state index is 12.7. The second kappa shape index (κ2) is 7.49. The van der Waals surface area contributed by atoms with Crippen molar-refractivity contribution in [1.82, 2.24) is 20.2 Å². The summed E-state index contributed by atoms with van der Waals surface area (Å²) in [5, 5.41) is 14.5. The number of ketones is 1. The summed E-state index contributed by atoms with van der Waals surface area (Å²) in [6.45, 7) is 8.86. The molecule has 0 amide bonds. The predicted molar refractivity (Wildman–Crippen MR) is 102 cm³/mol. The van der Waals surface area contributed by atoms with Crippen molar-refractivity contribution in [3.8, 4) is 0 Å². The molecule has 5 nitrogen and oxygen atoms in total. The van der Waals surface area contributed by atoms with E-state index in [1.165, 1.54) is 27.8 Å². The first-order valence-electron chi connectivity index (χ1n) is 7.99. The average molecular weight is 373 g/mol. The van der Waals surface area contributed by atoms with Crippen molar-refractivity contribution in [2.45, 2.75) is 39.4 Å². The van der Waals surface area contributed by atoms with E-state index in [1.54, 1.807) is 16.0 Å². The molecule has 0 unspecified atom stereocenters. The van der Waals surface area contributed by atoms with Crippen molar-refractivity contribution >= 4 is 28.9 Å². The Morgan fingerprint density at radius 3 is 2.72 bits per heavy atom. The molecule has 0 saturated carbocycles. The minimum atomic E-state index is 0.111. The largest absolute Gasteiger partial charge is 0.293 e. The maximum atomic E-state index is 12.7. The summed E-state index contributed by atoms with van der Waals surface area (Å²) in [7, 11) is 0. The van der Waals surface area contributed by atoms with Crippen LogP contribution in [0.15, 0.2) is 28.7 Å². The zero-order chi connectivity index (χ0) is 18.0. The molecule has 2 aromatic heterocycles. The molecule has 3 rings (SSSR count). The third kappa shape index (κ3) is 3.82. The van der Waals surface area contributed by atoms with Crippen LogP contribution in [-0.4, -0.2) is 31.7 Å². The highest BCUT2D eigenvalue weighted by molar-refractivity contribution is 7.99. The monoisotopic (exact) mass is 372 g/mol. The van der Waals surface area contributed by atoms with Crippen LogP contribution in [0.5, 0.6) is 0 Å².